The lowest BCUT2D eigenvalue weighted by Crippen LogP contribution is -2.39. The van der Waals surface area contributed by atoms with Gasteiger partial charge in [0.1, 0.15) is 5.82 Å². The molecule has 4 rings (SSSR count). The summed E-state index contributed by atoms with van der Waals surface area (Å²) in [6.07, 6.45) is 1.42. The number of aromatic nitrogens is 4. The standard InChI is InChI=1S/C20H16ClFN4O2/c1-12-6-8-13(9-7-12)26-19(27)18-17(10-23-24(18)2)25(20(26)28)11-14-15(21)4-3-5-16(14)22/h3-10H,11H2,1-2H3. The van der Waals surface area contributed by atoms with Crippen LogP contribution in [-0.4, -0.2) is 18.9 Å². The second kappa shape index (κ2) is 6.76. The smallest absolute Gasteiger partial charge is 0.285 e. The van der Waals surface area contributed by atoms with Gasteiger partial charge in [-0.1, -0.05) is 35.4 Å². The molecule has 0 amide bonds. The van der Waals surface area contributed by atoms with Crippen LogP contribution in [0.1, 0.15) is 11.1 Å². The minimum atomic E-state index is -0.589. The average molecular weight is 399 g/mol. The highest BCUT2D eigenvalue weighted by Gasteiger charge is 2.19. The number of nitrogens with zero attached hydrogens (tertiary/aromatic N) is 4. The molecule has 0 fully saturated rings. The van der Waals surface area contributed by atoms with Crippen LogP contribution >= 0.6 is 11.6 Å². The van der Waals surface area contributed by atoms with Gasteiger partial charge < -0.3 is 0 Å². The third-order valence-corrected chi connectivity index (χ3v) is 5.06. The van der Waals surface area contributed by atoms with Gasteiger partial charge in [0.15, 0.2) is 5.52 Å². The molecule has 0 radical (unpaired) electrons. The Bertz CT molecular complexity index is 1300. The van der Waals surface area contributed by atoms with Crippen LogP contribution in [0, 0.1) is 12.7 Å². The number of benzene rings is 2. The molecule has 2 aromatic carbocycles. The lowest BCUT2D eigenvalue weighted by molar-refractivity contribution is 0.594. The Hall–Kier alpha value is -3.19. The van der Waals surface area contributed by atoms with Crippen molar-refractivity contribution < 1.29 is 4.39 Å². The number of aryl methyl sites for hydroxylation is 2. The van der Waals surface area contributed by atoms with Crippen molar-refractivity contribution in [3.05, 3.63) is 91.5 Å². The maximum Gasteiger partial charge on any atom is 0.336 e. The van der Waals surface area contributed by atoms with Crippen LogP contribution in [0.3, 0.4) is 0 Å². The van der Waals surface area contributed by atoms with E-state index in [2.05, 4.69) is 5.10 Å². The van der Waals surface area contributed by atoms with E-state index >= 15 is 0 Å². The van der Waals surface area contributed by atoms with E-state index in [-0.39, 0.29) is 22.6 Å². The Morgan fingerprint density at radius 1 is 1.11 bits per heavy atom. The first kappa shape index (κ1) is 18.2. The van der Waals surface area contributed by atoms with Crippen molar-refractivity contribution in [2.75, 3.05) is 0 Å². The topological polar surface area (TPSA) is 61.8 Å². The Labute approximate surface area is 164 Å². The molecule has 0 aliphatic rings. The number of rotatable bonds is 3. The van der Waals surface area contributed by atoms with Crippen molar-refractivity contribution in [1.82, 2.24) is 18.9 Å². The van der Waals surface area contributed by atoms with E-state index in [0.29, 0.717) is 11.2 Å². The van der Waals surface area contributed by atoms with Crippen molar-refractivity contribution >= 4 is 22.6 Å². The summed E-state index contributed by atoms with van der Waals surface area (Å²) < 4.78 is 18.1. The molecule has 8 heteroatoms. The normalized spacial score (nSPS) is 11.3. The number of fused-ring (bicyclic) bond motifs is 1. The van der Waals surface area contributed by atoms with Gasteiger partial charge in [-0.2, -0.15) is 5.10 Å². The van der Waals surface area contributed by atoms with E-state index in [1.54, 1.807) is 25.2 Å². The van der Waals surface area contributed by atoms with Crippen molar-refractivity contribution in [2.24, 2.45) is 7.05 Å². The summed E-state index contributed by atoms with van der Waals surface area (Å²) in [6.45, 7) is 1.79. The molecule has 0 saturated carbocycles. The van der Waals surface area contributed by atoms with Crippen molar-refractivity contribution in [3.8, 4) is 5.69 Å². The van der Waals surface area contributed by atoms with Crippen LogP contribution in [0.15, 0.2) is 58.3 Å². The van der Waals surface area contributed by atoms with Crippen LogP contribution in [0.25, 0.3) is 16.7 Å². The Morgan fingerprint density at radius 3 is 2.50 bits per heavy atom. The summed E-state index contributed by atoms with van der Waals surface area (Å²) in [5.41, 5.74) is 1.08. The second-order valence-corrected chi connectivity index (χ2v) is 6.95. The molecule has 4 aromatic rings. The van der Waals surface area contributed by atoms with E-state index in [4.69, 9.17) is 11.6 Å². The molecule has 0 spiro atoms. The molecule has 0 bridgehead atoms. The summed E-state index contributed by atoms with van der Waals surface area (Å²) >= 11 is 6.15. The summed E-state index contributed by atoms with van der Waals surface area (Å²) in [5, 5.41) is 4.32. The van der Waals surface area contributed by atoms with Gasteiger partial charge in [0.05, 0.1) is 23.9 Å². The Balaban J connectivity index is 2.05. The summed E-state index contributed by atoms with van der Waals surface area (Å²) in [6, 6.07) is 11.3. The van der Waals surface area contributed by atoms with Crippen LogP contribution in [0.4, 0.5) is 4.39 Å². The molecule has 2 aromatic heterocycles. The van der Waals surface area contributed by atoms with E-state index in [9.17, 15) is 14.0 Å². The van der Waals surface area contributed by atoms with Gasteiger partial charge in [-0.25, -0.2) is 13.8 Å². The fraction of sp³-hybridized carbons (Fsp3) is 0.150. The van der Waals surface area contributed by atoms with Gasteiger partial charge in [0.2, 0.25) is 0 Å². The third-order valence-electron chi connectivity index (χ3n) is 4.71. The number of hydrogen-bond donors (Lipinski definition) is 0. The maximum atomic E-state index is 14.3. The fourth-order valence-electron chi connectivity index (χ4n) is 3.20. The van der Waals surface area contributed by atoms with E-state index < -0.39 is 17.1 Å². The monoisotopic (exact) mass is 398 g/mol. The first-order chi connectivity index (χ1) is 13.4. The highest BCUT2D eigenvalue weighted by atomic mass is 35.5. The van der Waals surface area contributed by atoms with Crippen LogP contribution in [0.2, 0.25) is 5.02 Å². The van der Waals surface area contributed by atoms with E-state index in [1.807, 2.05) is 19.1 Å². The number of hydrogen-bond acceptors (Lipinski definition) is 3. The second-order valence-electron chi connectivity index (χ2n) is 6.55. The first-order valence-electron chi connectivity index (χ1n) is 8.56. The highest BCUT2D eigenvalue weighted by molar-refractivity contribution is 6.31. The Morgan fingerprint density at radius 2 is 1.82 bits per heavy atom. The quantitative estimate of drug-likeness (QED) is 0.533. The molecule has 28 heavy (non-hydrogen) atoms. The predicted molar refractivity (Wildman–Crippen MR) is 106 cm³/mol. The molecule has 0 N–H and O–H groups in total. The Kier molecular flexibility index (Phi) is 4.39. The third kappa shape index (κ3) is 2.84. The SMILES string of the molecule is Cc1ccc(-n2c(=O)c3c(cnn3C)n(Cc3c(F)cccc3Cl)c2=O)cc1. The van der Waals surface area contributed by atoms with Crippen molar-refractivity contribution in [2.45, 2.75) is 13.5 Å². The number of halogens is 2. The van der Waals surface area contributed by atoms with E-state index in [0.717, 1.165) is 10.1 Å². The van der Waals surface area contributed by atoms with Gasteiger partial charge in [0, 0.05) is 17.6 Å². The van der Waals surface area contributed by atoms with Gasteiger partial charge in [-0.15, -0.1) is 0 Å². The predicted octanol–water partition coefficient (Wildman–Crippen LogP) is 3.04. The first-order valence-corrected chi connectivity index (χ1v) is 8.94. The largest absolute Gasteiger partial charge is 0.336 e. The van der Waals surface area contributed by atoms with Crippen molar-refractivity contribution in [3.63, 3.8) is 0 Å². The van der Waals surface area contributed by atoms with Gasteiger partial charge >= 0.3 is 5.69 Å². The zero-order chi connectivity index (χ0) is 20.0. The molecule has 6 nitrogen and oxygen atoms in total. The minimum Gasteiger partial charge on any atom is -0.285 e. The van der Waals surface area contributed by atoms with Crippen LogP contribution in [0.5, 0.6) is 0 Å². The molecule has 142 valence electrons. The average Bonchev–Trinajstić information content (AvgIpc) is 3.04. The fourth-order valence-corrected chi connectivity index (χ4v) is 3.43. The summed E-state index contributed by atoms with van der Waals surface area (Å²) in [7, 11) is 1.62. The maximum absolute atomic E-state index is 14.3. The molecule has 0 atom stereocenters. The lowest BCUT2D eigenvalue weighted by atomic mass is 10.2. The molecule has 0 aliphatic carbocycles. The van der Waals surface area contributed by atoms with Gasteiger partial charge in [0.25, 0.3) is 5.56 Å². The van der Waals surface area contributed by atoms with Gasteiger partial charge in [-0.3, -0.25) is 14.0 Å². The lowest BCUT2D eigenvalue weighted by Gasteiger charge is -2.14. The van der Waals surface area contributed by atoms with Crippen molar-refractivity contribution in [1.29, 1.82) is 0 Å². The highest BCUT2D eigenvalue weighted by Crippen LogP contribution is 2.21. The molecule has 0 saturated heterocycles. The zero-order valence-electron chi connectivity index (χ0n) is 15.2. The van der Waals surface area contributed by atoms with Crippen LogP contribution < -0.4 is 11.2 Å². The molecule has 0 unspecified atom stereocenters. The van der Waals surface area contributed by atoms with E-state index in [1.165, 1.54) is 27.6 Å². The van der Waals surface area contributed by atoms with Gasteiger partial charge in [-0.05, 0) is 31.2 Å². The zero-order valence-corrected chi connectivity index (χ0v) is 15.9. The molecular formula is C20H16ClFN4O2. The van der Waals surface area contributed by atoms with Crippen LogP contribution in [-0.2, 0) is 13.6 Å². The molecule has 2 heterocycles. The summed E-state index contributed by atoms with van der Waals surface area (Å²) in [4.78, 5) is 26.3. The molecule has 0 aliphatic heterocycles. The molecular weight excluding hydrogens is 383 g/mol. The summed E-state index contributed by atoms with van der Waals surface area (Å²) in [5.74, 6) is -0.524. The minimum absolute atomic E-state index is 0.126.